The minimum Gasteiger partial charge on any atom is -0.482 e. The SMILES string of the molecule is Cc1cc2c(cc1S(=O)(=O)N1CCC(C(=O)N3CCN(c4ccc(Cl)cc4)CC3)CC1)OCC(=O)N2. The van der Waals surface area contributed by atoms with Crippen molar-refractivity contribution in [1.82, 2.24) is 9.21 Å². The van der Waals surface area contributed by atoms with Gasteiger partial charge in [0.25, 0.3) is 5.91 Å². The Labute approximate surface area is 216 Å². The molecule has 3 heterocycles. The van der Waals surface area contributed by atoms with Gasteiger partial charge in [-0.25, -0.2) is 8.42 Å². The fourth-order valence-corrected chi connectivity index (χ4v) is 6.89. The Morgan fingerprint density at radius 1 is 1.03 bits per heavy atom. The number of sulfonamides is 1. The molecule has 0 radical (unpaired) electrons. The third-order valence-corrected chi connectivity index (χ3v) is 9.41. The second-order valence-corrected chi connectivity index (χ2v) is 11.8. The van der Waals surface area contributed by atoms with Crippen molar-refractivity contribution in [3.05, 3.63) is 47.0 Å². The quantitative estimate of drug-likeness (QED) is 0.650. The summed E-state index contributed by atoms with van der Waals surface area (Å²) in [6, 6.07) is 10.8. The lowest BCUT2D eigenvalue weighted by atomic mass is 9.96. The highest BCUT2D eigenvalue weighted by Crippen LogP contribution is 2.35. The summed E-state index contributed by atoms with van der Waals surface area (Å²) in [5, 5.41) is 3.40. The van der Waals surface area contributed by atoms with E-state index < -0.39 is 10.0 Å². The Kier molecular flexibility index (Phi) is 6.84. The number of piperidine rings is 1. The first-order valence-electron chi connectivity index (χ1n) is 12.1. The molecule has 2 aromatic carbocycles. The summed E-state index contributed by atoms with van der Waals surface area (Å²) in [5.74, 6) is 0.0100. The van der Waals surface area contributed by atoms with Crippen molar-refractivity contribution in [1.29, 1.82) is 0 Å². The second kappa shape index (κ2) is 9.91. The van der Waals surface area contributed by atoms with Crippen molar-refractivity contribution in [2.45, 2.75) is 24.7 Å². The van der Waals surface area contributed by atoms with Gasteiger partial charge in [0.2, 0.25) is 15.9 Å². The summed E-state index contributed by atoms with van der Waals surface area (Å²) in [4.78, 5) is 29.0. The van der Waals surface area contributed by atoms with Crippen LogP contribution in [0.5, 0.6) is 5.75 Å². The maximum atomic E-state index is 13.4. The van der Waals surface area contributed by atoms with Crippen molar-refractivity contribution in [3.8, 4) is 5.75 Å². The number of anilines is 2. The normalized spacial score (nSPS) is 19.4. The number of carbonyl (C=O) groups is 2. The van der Waals surface area contributed by atoms with Crippen molar-refractivity contribution >= 4 is 44.8 Å². The van der Waals surface area contributed by atoms with Crippen LogP contribution in [0.15, 0.2) is 41.3 Å². The maximum absolute atomic E-state index is 13.4. The van der Waals surface area contributed by atoms with Gasteiger partial charge in [-0.2, -0.15) is 4.31 Å². The number of benzene rings is 2. The fraction of sp³-hybridized carbons (Fsp3) is 0.440. The molecule has 9 nitrogen and oxygen atoms in total. The summed E-state index contributed by atoms with van der Waals surface area (Å²) in [7, 11) is -3.76. The van der Waals surface area contributed by atoms with Crippen LogP contribution in [0, 0.1) is 12.8 Å². The number of halogens is 1. The van der Waals surface area contributed by atoms with Crippen LogP contribution in [0.1, 0.15) is 18.4 Å². The van der Waals surface area contributed by atoms with E-state index in [2.05, 4.69) is 10.2 Å². The lowest BCUT2D eigenvalue weighted by Crippen LogP contribution is -2.52. The first-order valence-corrected chi connectivity index (χ1v) is 13.9. The Bertz CT molecular complexity index is 1270. The molecule has 0 bridgehead atoms. The molecule has 0 unspecified atom stereocenters. The van der Waals surface area contributed by atoms with Crippen LogP contribution in [0.2, 0.25) is 5.02 Å². The molecule has 5 rings (SSSR count). The van der Waals surface area contributed by atoms with E-state index in [1.807, 2.05) is 29.2 Å². The van der Waals surface area contributed by atoms with Crippen LogP contribution in [0.25, 0.3) is 0 Å². The molecule has 0 aliphatic carbocycles. The van der Waals surface area contributed by atoms with E-state index in [-0.39, 0.29) is 42.3 Å². The molecule has 0 atom stereocenters. The number of nitrogens with zero attached hydrogens (tertiary/aromatic N) is 3. The topological polar surface area (TPSA) is 99.3 Å². The molecule has 1 N–H and O–H groups in total. The Balaban J connectivity index is 1.19. The van der Waals surface area contributed by atoms with E-state index in [0.29, 0.717) is 48.0 Å². The number of fused-ring (bicyclic) bond motifs is 1. The van der Waals surface area contributed by atoms with Crippen LogP contribution in [-0.4, -0.2) is 75.3 Å². The minimum atomic E-state index is -3.76. The number of rotatable bonds is 4. The fourth-order valence-electron chi connectivity index (χ4n) is 5.07. The first-order chi connectivity index (χ1) is 17.2. The highest BCUT2D eigenvalue weighted by molar-refractivity contribution is 7.89. The summed E-state index contributed by atoms with van der Waals surface area (Å²) >= 11 is 5.98. The minimum absolute atomic E-state index is 0.108. The van der Waals surface area contributed by atoms with E-state index >= 15 is 0 Å². The number of ether oxygens (including phenoxy) is 1. The van der Waals surface area contributed by atoms with Crippen LogP contribution < -0.4 is 15.0 Å². The number of piperazine rings is 1. The van der Waals surface area contributed by atoms with E-state index in [0.717, 1.165) is 18.8 Å². The molecule has 0 saturated carbocycles. The van der Waals surface area contributed by atoms with Crippen molar-refractivity contribution in [2.24, 2.45) is 5.92 Å². The van der Waals surface area contributed by atoms with Gasteiger partial charge in [0.15, 0.2) is 6.61 Å². The van der Waals surface area contributed by atoms with Gasteiger partial charge in [-0.1, -0.05) is 11.6 Å². The van der Waals surface area contributed by atoms with Crippen molar-refractivity contribution < 1.29 is 22.7 Å². The summed E-state index contributed by atoms with van der Waals surface area (Å²) < 4.78 is 33.7. The molecule has 192 valence electrons. The van der Waals surface area contributed by atoms with Gasteiger partial charge < -0.3 is 19.9 Å². The van der Waals surface area contributed by atoms with Gasteiger partial charge >= 0.3 is 0 Å². The highest BCUT2D eigenvalue weighted by atomic mass is 35.5. The number of hydrogen-bond donors (Lipinski definition) is 1. The lowest BCUT2D eigenvalue weighted by molar-refractivity contribution is -0.137. The third kappa shape index (κ3) is 4.89. The predicted molar refractivity (Wildman–Crippen MR) is 137 cm³/mol. The molecule has 2 saturated heterocycles. The van der Waals surface area contributed by atoms with Gasteiger partial charge in [-0.3, -0.25) is 9.59 Å². The van der Waals surface area contributed by atoms with Crippen LogP contribution in [0.4, 0.5) is 11.4 Å². The molecular formula is C25H29ClN4O5S. The van der Waals surface area contributed by atoms with E-state index in [4.69, 9.17) is 16.3 Å². The van der Waals surface area contributed by atoms with Crippen LogP contribution in [0.3, 0.4) is 0 Å². The lowest BCUT2D eigenvalue weighted by Gasteiger charge is -2.39. The molecule has 36 heavy (non-hydrogen) atoms. The Morgan fingerprint density at radius 2 is 1.69 bits per heavy atom. The highest BCUT2D eigenvalue weighted by Gasteiger charge is 2.36. The van der Waals surface area contributed by atoms with E-state index in [9.17, 15) is 18.0 Å². The summed E-state index contributed by atoms with van der Waals surface area (Å²) in [6.45, 7) is 4.93. The number of carbonyl (C=O) groups excluding carboxylic acids is 2. The maximum Gasteiger partial charge on any atom is 0.262 e. The van der Waals surface area contributed by atoms with Gasteiger partial charge in [0.05, 0.1) is 10.6 Å². The molecule has 0 aromatic heterocycles. The molecule has 0 spiro atoms. The third-order valence-electron chi connectivity index (χ3n) is 7.11. The molecular weight excluding hydrogens is 504 g/mol. The Hall–Kier alpha value is -2.82. The smallest absolute Gasteiger partial charge is 0.262 e. The molecule has 3 aliphatic rings. The standard InChI is InChI=1S/C25H29ClN4O5S/c1-17-14-21-22(35-16-24(31)27-21)15-23(17)36(33,34)30-8-6-18(7-9-30)25(32)29-12-10-28(11-13-29)20-4-2-19(26)3-5-20/h2-5,14-15,18H,6-13,16H2,1H3,(H,27,31). The zero-order chi connectivity index (χ0) is 25.4. The van der Waals surface area contributed by atoms with E-state index in [1.165, 1.54) is 10.4 Å². The zero-order valence-electron chi connectivity index (χ0n) is 20.1. The summed E-state index contributed by atoms with van der Waals surface area (Å²) in [5.41, 5.74) is 2.11. The number of nitrogens with one attached hydrogen (secondary N) is 1. The predicted octanol–water partition coefficient (Wildman–Crippen LogP) is 2.73. The monoisotopic (exact) mass is 532 g/mol. The van der Waals surface area contributed by atoms with Crippen molar-refractivity contribution in [3.63, 3.8) is 0 Å². The molecule has 2 fully saturated rings. The van der Waals surface area contributed by atoms with Gasteiger partial charge in [-0.15, -0.1) is 0 Å². The van der Waals surface area contributed by atoms with Crippen molar-refractivity contribution in [2.75, 3.05) is 56.1 Å². The number of amides is 2. The Morgan fingerprint density at radius 3 is 2.36 bits per heavy atom. The van der Waals surface area contributed by atoms with Gasteiger partial charge in [-0.05, 0) is 55.7 Å². The molecule has 3 aliphatic heterocycles. The van der Waals surface area contributed by atoms with E-state index in [1.54, 1.807) is 13.0 Å². The summed E-state index contributed by atoms with van der Waals surface area (Å²) in [6.07, 6.45) is 0.984. The zero-order valence-corrected chi connectivity index (χ0v) is 21.6. The van der Waals surface area contributed by atoms with Crippen LogP contribution >= 0.6 is 11.6 Å². The molecule has 2 amide bonds. The average Bonchev–Trinajstić information content (AvgIpc) is 2.88. The average molecular weight is 533 g/mol. The van der Waals surface area contributed by atoms with Crippen LogP contribution in [-0.2, 0) is 19.6 Å². The number of hydrogen-bond acceptors (Lipinski definition) is 6. The second-order valence-electron chi connectivity index (χ2n) is 9.42. The van der Waals surface area contributed by atoms with Gasteiger partial charge in [0, 0.05) is 62.0 Å². The van der Waals surface area contributed by atoms with Gasteiger partial charge in [0.1, 0.15) is 5.75 Å². The molecule has 11 heteroatoms. The largest absolute Gasteiger partial charge is 0.482 e. The molecule has 2 aromatic rings. The number of aryl methyl sites for hydroxylation is 1. The first kappa shape index (κ1) is 24.9.